The summed E-state index contributed by atoms with van der Waals surface area (Å²) in [5, 5.41) is 9.78. The molecule has 0 radical (unpaired) electrons. The first-order valence-corrected chi connectivity index (χ1v) is 11.8. The van der Waals surface area contributed by atoms with Crippen LogP contribution in [0.3, 0.4) is 0 Å². The predicted octanol–water partition coefficient (Wildman–Crippen LogP) is 4.37. The van der Waals surface area contributed by atoms with Crippen LogP contribution >= 0.6 is 27.5 Å². The standard InChI is InChI=1S/C22H32BrClN2O2/c23-21-4-3-20(24)15-19(21)14-18-5-10-25(11-6-18)9-1-2-17-7-12-26(13-8-17)22(28)16-27/h3-4,15,17-18,27H,1-2,5-14,16H2. The molecule has 1 aromatic rings. The molecule has 0 bridgehead atoms. The van der Waals surface area contributed by atoms with E-state index in [1.165, 1.54) is 55.4 Å². The molecule has 1 amide bonds. The minimum Gasteiger partial charge on any atom is -0.387 e. The molecule has 2 aliphatic heterocycles. The molecule has 0 aliphatic carbocycles. The van der Waals surface area contributed by atoms with Crippen LogP contribution in [-0.4, -0.2) is 60.1 Å². The average molecular weight is 472 g/mol. The van der Waals surface area contributed by atoms with Crippen LogP contribution in [0.15, 0.2) is 22.7 Å². The molecule has 2 saturated heterocycles. The zero-order valence-electron chi connectivity index (χ0n) is 16.6. The Labute approximate surface area is 182 Å². The predicted molar refractivity (Wildman–Crippen MR) is 118 cm³/mol. The minimum atomic E-state index is -0.352. The zero-order chi connectivity index (χ0) is 19.9. The van der Waals surface area contributed by atoms with Gasteiger partial charge in [0, 0.05) is 22.6 Å². The molecule has 6 heteroatoms. The van der Waals surface area contributed by atoms with Crippen molar-refractivity contribution < 1.29 is 9.90 Å². The third kappa shape index (κ3) is 6.45. The molecule has 2 aliphatic rings. The summed E-state index contributed by atoms with van der Waals surface area (Å²) in [4.78, 5) is 16.0. The van der Waals surface area contributed by atoms with E-state index in [1.54, 1.807) is 4.90 Å². The van der Waals surface area contributed by atoms with Gasteiger partial charge in [0.25, 0.3) is 0 Å². The Hall–Kier alpha value is -0.620. The van der Waals surface area contributed by atoms with Gasteiger partial charge in [-0.25, -0.2) is 0 Å². The number of aliphatic hydroxyl groups is 1. The molecule has 1 N–H and O–H groups in total. The van der Waals surface area contributed by atoms with Crippen LogP contribution in [0.25, 0.3) is 0 Å². The second-order valence-electron chi connectivity index (χ2n) is 8.35. The van der Waals surface area contributed by atoms with E-state index in [0.29, 0.717) is 0 Å². The number of benzene rings is 1. The van der Waals surface area contributed by atoms with Crippen LogP contribution in [0.5, 0.6) is 0 Å². The number of amides is 1. The second-order valence-corrected chi connectivity index (χ2v) is 9.64. The van der Waals surface area contributed by atoms with Gasteiger partial charge in [-0.15, -0.1) is 0 Å². The van der Waals surface area contributed by atoms with Gasteiger partial charge in [0.15, 0.2) is 0 Å². The Bertz CT molecular complexity index is 641. The van der Waals surface area contributed by atoms with Crippen LogP contribution in [0.2, 0.25) is 5.02 Å². The van der Waals surface area contributed by atoms with Gasteiger partial charge in [-0.1, -0.05) is 27.5 Å². The molecular formula is C22H32BrClN2O2. The van der Waals surface area contributed by atoms with E-state index in [-0.39, 0.29) is 12.5 Å². The topological polar surface area (TPSA) is 43.8 Å². The molecule has 156 valence electrons. The molecule has 4 nitrogen and oxygen atoms in total. The smallest absolute Gasteiger partial charge is 0.248 e. The molecule has 1 aromatic carbocycles. The van der Waals surface area contributed by atoms with E-state index in [0.717, 1.165) is 49.2 Å². The SMILES string of the molecule is O=C(CO)N1CCC(CCCN2CCC(Cc3cc(Cl)ccc3Br)CC2)CC1. The Morgan fingerprint density at radius 3 is 2.46 bits per heavy atom. The largest absolute Gasteiger partial charge is 0.387 e. The van der Waals surface area contributed by atoms with E-state index >= 15 is 0 Å². The lowest BCUT2D eigenvalue weighted by molar-refractivity contribution is -0.135. The highest BCUT2D eigenvalue weighted by atomic mass is 79.9. The van der Waals surface area contributed by atoms with Crippen molar-refractivity contribution >= 4 is 33.4 Å². The molecule has 0 atom stereocenters. The minimum absolute atomic E-state index is 0.119. The van der Waals surface area contributed by atoms with Crippen molar-refractivity contribution in [3.8, 4) is 0 Å². The fourth-order valence-corrected chi connectivity index (χ4v) is 5.20. The number of hydrogen-bond acceptors (Lipinski definition) is 3. The number of carbonyl (C=O) groups is 1. The van der Waals surface area contributed by atoms with Crippen LogP contribution in [-0.2, 0) is 11.2 Å². The highest BCUT2D eigenvalue weighted by molar-refractivity contribution is 9.10. The summed E-state index contributed by atoms with van der Waals surface area (Å²) in [6, 6.07) is 6.08. The van der Waals surface area contributed by atoms with Crippen molar-refractivity contribution in [3.63, 3.8) is 0 Å². The summed E-state index contributed by atoms with van der Waals surface area (Å²) >= 11 is 9.80. The van der Waals surface area contributed by atoms with Crippen LogP contribution in [0.1, 0.15) is 44.1 Å². The number of halogens is 2. The first-order chi connectivity index (χ1) is 13.5. The lowest BCUT2D eigenvalue weighted by Crippen LogP contribution is -2.40. The van der Waals surface area contributed by atoms with E-state index in [4.69, 9.17) is 16.7 Å². The maximum atomic E-state index is 11.5. The maximum absolute atomic E-state index is 11.5. The highest BCUT2D eigenvalue weighted by Gasteiger charge is 2.23. The number of carbonyl (C=O) groups excluding carboxylic acids is 1. The first-order valence-electron chi connectivity index (χ1n) is 10.6. The summed E-state index contributed by atoms with van der Waals surface area (Å²) in [6.45, 7) is 4.87. The average Bonchev–Trinajstić information content (AvgIpc) is 2.72. The molecule has 0 aromatic heterocycles. The third-order valence-electron chi connectivity index (χ3n) is 6.41. The molecule has 0 unspecified atom stereocenters. The summed E-state index contributed by atoms with van der Waals surface area (Å²) in [5.74, 6) is 1.37. The molecule has 2 fully saturated rings. The van der Waals surface area contributed by atoms with Crippen LogP contribution in [0, 0.1) is 11.8 Å². The maximum Gasteiger partial charge on any atom is 0.248 e. The second kappa shape index (κ2) is 11.0. The zero-order valence-corrected chi connectivity index (χ0v) is 18.9. The number of piperidine rings is 2. The molecule has 3 rings (SSSR count). The summed E-state index contributed by atoms with van der Waals surface area (Å²) in [5.41, 5.74) is 1.33. The van der Waals surface area contributed by atoms with Crippen molar-refractivity contribution in [3.05, 3.63) is 33.3 Å². The monoisotopic (exact) mass is 470 g/mol. The Kier molecular flexibility index (Phi) is 8.64. The van der Waals surface area contributed by atoms with Gasteiger partial charge in [0.1, 0.15) is 6.61 Å². The van der Waals surface area contributed by atoms with Crippen molar-refractivity contribution in [2.75, 3.05) is 39.3 Å². The fraction of sp³-hybridized carbons (Fsp3) is 0.682. The van der Waals surface area contributed by atoms with Crippen molar-refractivity contribution in [1.82, 2.24) is 9.80 Å². The summed E-state index contributed by atoms with van der Waals surface area (Å²) in [7, 11) is 0. The third-order valence-corrected chi connectivity index (χ3v) is 7.42. The van der Waals surface area contributed by atoms with Crippen LogP contribution < -0.4 is 0 Å². The molecule has 0 saturated carbocycles. The van der Waals surface area contributed by atoms with Crippen LogP contribution in [0.4, 0.5) is 0 Å². The van der Waals surface area contributed by atoms with Crippen molar-refractivity contribution in [1.29, 1.82) is 0 Å². The molecule has 28 heavy (non-hydrogen) atoms. The molecular weight excluding hydrogens is 440 g/mol. The Balaban J connectivity index is 1.31. The summed E-state index contributed by atoms with van der Waals surface area (Å²) < 4.78 is 1.17. The molecule has 2 heterocycles. The van der Waals surface area contributed by atoms with E-state index < -0.39 is 0 Å². The van der Waals surface area contributed by atoms with Crippen molar-refractivity contribution in [2.45, 2.75) is 44.9 Å². The number of rotatable bonds is 7. The lowest BCUT2D eigenvalue weighted by atomic mass is 9.89. The van der Waals surface area contributed by atoms with Gasteiger partial charge in [-0.2, -0.15) is 0 Å². The number of hydrogen-bond donors (Lipinski definition) is 1. The van der Waals surface area contributed by atoms with Gasteiger partial charge in [-0.3, -0.25) is 4.79 Å². The summed E-state index contributed by atoms with van der Waals surface area (Å²) in [6.07, 6.45) is 8.33. The van der Waals surface area contributed by atoms with Gasteiger partial charge in [0.2, 0.25) is 5.91 Å². The number of nitrogens with zero attached hydrogens (tertiary/aromatic N) is 2. The number of aliphatic hydroxyl groups excluding tert-OH is 1. The van der Waals surface area contributed by atoms with Gasteiger partial charge < -0.3 is 14.9 Å². The van der Waals surface area contributed by atoms with E-state index in [2.05, 4.69) is 33.0 Å². The molecule has 0 spiro atoms. The van der Waals surface area contributed by atoms with Gasteiger partial charge in [0.05, 0.1) is 0 Å². The Morgan fingerprint density at radius 1 is 1.11 bits per heavy atom. The highest BCUT2D eigenvalue weighted by Crippen LogP contribution is 2.28. The lowest BCUT2D eigenvalue weighted by Gasteiger charge is -2.34. The fourth-order valence-electron chi connectivity index (χ4n) is 4.60. The quantitative estimate of drug-likeness (QED) is 0.642. The van der Waals surface area contributed by atoms with Gasteiger partial charge in [-0.05, 0) is 100 Å². The van der Waals surface area contributed by atoms with Gasteiger partial charge >= 0.3 is 0 Å². The Morgan fingerprint density at radius 2 is 1.79 bits per heavy atom. The number of likely N-dealkylation sites (tertiary alicyclic amines) is 2. The van der Waals surface area contributed by atoms with Crippen molar-refractivity contribution in [2.24, 2.45) is 11.8 Å². The van der Waals surface area contributed by atoms with E-state index in [1.807, 2.05) is 6.07 Å². The first kappa shape index (κ1) is 22.1. The normalized spacial score (nSPS) is 19.9. The van der Waals surface area contributed by atoms with E-state index in [9.17, 15) is 4.79 Å².